The monoisotopic (exact) mass is 757 g/mol. The molecule has 3 N–H and O–H groups in total. The molecular formula is C44H67N5O4Si. The quantitative estimate of drug-likeness (QED) is 0.0372. The number of nitrogens with two attached hydrogens (primary N) is 1. The number of rotatable bonds is 26. The van der Waals surface area contributed by atoms with Crippen molar-refractivity contribution in [1.82, 2.24) is 19.5 Å². The van der Waals surface area contributed by atoms with Crippen molar-refractivity contribution in [2.45, 2.75) is 148 Å². The van der Waals surface area contributed by atoms with E-state index >= 15 is 0 Å². The molecule has 0 fully saturated rings. The lowest BCUT2D eigenvalue weighted by molar-refractivity contribution is -0.145. The van der Waals surface area contributed by atoms with Gasteiger partial charge in [0.1, 0.15) is 0 Å². The van der Waals surface area contributed by atoms with Crippen LogP contribution in [-0.2, 0) is 20.5 Å². The number of imidazole rings is 1. The van der Waals surface area contributed by atoms with Gasteiger partial charge in [-0.3, -0.25) is 14.6 Å². The van der Waals surface area contributed by atoms with Crippen LogP contribution < -0.4 is 21.7 Å². The van der Waals surface area contributed by atoms with Crippen molar-refractivity contribution >= 4 is 41.8 Å². The van der Waals surface area contributed by atoms with Gasteiger partial charge in [-0.2, -0.15) is 4.98 Å². The summed E-state index contributed by atoms with van der Waals surface area (Å²) in [6.07, 6.45) is 22.0. The van der Waals surface area contributed by atoms with Gasteiger partial charge in [0, 0.05) is 25.5 Å². The molecule has 0 saturated carbocycles. The molecule has 0 amide bonds. The Morgan fingerprint density at radius 2 is 1.33 bits per heavy atom. The molecule has 0 spiro atoms. The molecule has 0 unspecified atom stereocenters. The summed E-state index contributed by atoms with van der Waals surface area (Å²) in [5.41, 5.74) is 6.17. The highest BCUT2D eigenvalue weighted by Crippen LogP contribution is 2.37. The average molecular weight is 758 g/mol. The predicted molar refractivity (Wildman–Crippen MR) is 225 cm³/mol. The number of hydrogen-bond acceptors (Lipinski definition) is 7. The number of ether oxygens (including phenoxy) is 1. The van der Waals surface area contributed by atoms with E-state index in [9.17, 15) is 9.59 Å². The smallest absolute Gasteiger partial charge is 0.305 e. The van der Waals surface area contributed by atoms with Crippen LogP contribution in [0.3, 0.4) is 0 Å². The van der Waals surface area contributed by atoms with Gasteiger partial charge in [-0.15, -0.1) is 0 Å². The number of hydrogen-bond donors (Lipinski definition) is 2. The largest absolute Gasteiger partial charge is 0.465 e. The number of nitrogen functional groups attached to an aromatic ring is 1. The number of fused-ring (bicyclic) bond motifs is 1. The third-order valence-electron chi connectivity index (χ3n) is 10.7. The SMILES string of the molecule is CCCCCCCCCCCCCCCCCC(=O)OC[C@H](CCO[Si](c1ccccc1)(c1ccccc1)C(C)(C)C)Cn1cnc2c(=O)[nH]c(N)nc21. The number of nitrogens with one attached hydrogen (secondary N) is 1. The zero-order valence-electron chi connectivity index (χ0n) is 33.6. The first-order chi connectivity index (χ1) is 26.2. The third-order valence-corrected chi connectivity index (χ3v) is 15.7. The number of H-pyrrole nitrogens is 1. The molecule has 9 nitrogen and oxygen atoms in total. The molecule has 0 aliphatic rings. The first kappa shape index (κ1) is 43.0. The van der Waals surface area contributed by atoms with Crippen LogP contribution in [0.15, 0.2) is 71.8 Å². The van der Waals surface area contributed by atoms with Crippen LogP contribution in [0.2, 0.25) is 5.04 Å². The molecule has 2 heterocycles. The van der Waals surface area contributed by atoms with Gasteiger partial charge in [-0.1, -0.05) is 178 Å². The molecule has 2 aromatic carbocycles. The van der Waals surface area contributed by atoms with Crippen molar-refractivity contribution in [1.29, 1.82) is 0 Å². The van der Waals surface area contributed by atoms with E-state index in [1.165, 1.54) is 87.4 Å². The Morgan fingerprint density at radius 1 is 0.815 bits per heavy atom. The van der Waals surface area contributed by atoms with Gasteiger partial charge in [0.2, 0.25) is 5.95 Å². The van der Waals surface area contributed by atoms with Gasteiger partial charge < -0.3 is 19.5 Å². The average Bonchev–Trinajstić information content (AvgIpc) is 3.56. The molecule has 4 rings (SSSR count). The first-order valence-electron chi connectivity index (χ1n) is 20.8. The van der Waals surface area contributed by atoms with E-state index in [0.717, 1.165) is 19.3 Å². The number of carbonyl (C=O) groups is 1. The number of nitrogens with zero attached hydrogens (tertiary/aromatic N) is 3. The lowest BCUT2D eigenvalue weighted by Gasteiger charge is -2.43. The second kappa shape index (κ2) is 22.6. The predicted octanol–water partition coefficient (Wildman–Crippen LogP) is 9.09. The fourth-order valence-electron chi connectivity index (χ4n) is 7.67. The molecule has 0 aliphatic heterocycles. The molecule has 54 heavy (non-hydrogen) atoms. The number of benzene rings is 2. The summed E-state index contributed by atoms with van der Waals surface area (Å²) in [5, 5.41) is 2.28. The van der Waals surface area contributed by atoms with E-state index in [1.54, 1.807) is 6.33 Å². The lowest BCUT2D eigenvalue weighted by atomic mass is 10.0. The molecule has 1 atom stereocenters. The molecule has 2 aromatic heterocycles. The van der Waals surface area contributed by atoms with E-state index in [4.69, 9.17) is 14.9 Å². The Hall–Kier alpha value is -3.76. The van der Waals surface area contributed by atoms with Crippen LogP contribution in [0, 0.1) is 5.92 Å². The molecular weight excluding hydrogens is 691 g/mol. The summed E-state index contributed by atoms with van der Waals surface area (Å²) in [6.45, 7) is 10.2. The van der Waals surface area contributed by atoms with Crippen LogP contribution in [0.5, 0.6) is 0 Å². The highest BCUT2D eigenvalue weighted by Gasteiger charge is 2.50. The van der Waals surface area contributed by atoms with Crippen molar-refractivity contribution in [3.05, 3.63) is 77.3 Å². The van der Waals surface area contributed by atoms with Gasteiger partial charge in [-0.05, 0) is 28.3 Å². The lowest BCUT2D eigenvalue weighted by Crippen LogP contribution is -2.66. The van der Waals surface area contributed by atoms with Crippen molar-refractivity contribution in [3.63, 3.8) is 0 Å². The minimum absolute atomic E-state index is 0.0377. The number of unbranched alkanes of at least 4 members (excludes halogenated alkanes) is 14. The zero-order chi connectivity index (χ0) is 38.7. The fraction of sp³-hybridized carbons (Fsp3) is 0.591. The molecule has 0 radical (unpaired) electrons. The van der Waals surface area contributed by atoms with Crippen LogP contribution in [-0.4, -0.2) is 47.0 Å². The minimum Gasteiger partial charge on any atom is -0.465 e. The summed E-state index contributed by atoms with van der Waals surface area (Å²) in [7, 11) is -2.75. The van der Waals surface area contributed by atoms with E-state index in [-0.39, 0.29) is 40.6 Å². The van der Waals surface area contributed by atoms with Crippen LogP contribution in [0.1, 0.15) is 137 Å². The van der Waals surface area contributed by atoms with E-state index in [0.29, 0.717) is 31.6 Å². The second-order valence-electron chi connectivity index (χ2n) is 16.1. The standard InChI is InChI=1S/C44H67N5O4Si/c1-5-6-7-8-9-10-11-12-13-14-15-16-17-18-25-30-39(50)52-34-36(33-49-35-46-40-41(49)47-43(45)48-42(40)51)31-32-53-54(44(2,3)4,37-26-21-19-22-27-37)38-28-23-20-24-29-38/h19-24,26-29,35-36H,5-18,25,30-34H2,1-4H3,(H3,45,47,48,51)/t36-/m1/s1. The van der Waals surface area contributed by atoms with Crippen molar-refractivity contribution < 1.29 is 14.0 Å². The van der Waals surface area contributed by atoms with Gasteiger partial charge in [0.25, 0.3) is 13.9 Å². The van der Waals surface area contributed by atoms with Gasteiger partial charge >= 0.3 is 5.97 Å². The Kier molecular flexibility index (Phi) is 18.0. The Labute approximate surface area is 325 Å². The number of carbonyl (C=O) groups excluding carboxylic acids is 1. The topological polar surface area (TPSA) is 125 Å². The van der Waals surface area contributed by atoms with Crippen LogP contribution >= 0.6 is 0 Å². The number of esters is 1. The molecule has 4 aromatic rings. The number of aromatic amines is 1. The maximum absolute atomic E-state index is 13.0. The van der Waals surface area contributed by atoms with Gasteiger partial charge in [-0.25, -0.2) is 4.98 Å². The third kappa shape index (κ3) is 12.9. The maximum Gasteiger partial charge on any atom is 0.305 e. The summed E-state index contributed by atoms with van der Waals surface area (Å²) in [4.78, 5) is 36.7. The Bertz CT molecular complexity index is 1660. The summed E-state index contributed by atoms with van der Waals surface area (Å²) in [5.74, 6) is -0.236. The fourth-order valence-corrected chi connectivity index (χ4v) is 12.3. The van der Waals surface area contributed by atoms with Gasteiger partial charge in [0.05, 0.1) is 12.9 Å². The Balaban J connectivity index is 1.31. The van der Waals surface area contributed by atoms with Crippen LogP contribution in [0.25, 0.3) is 11.2 Å². The Morgan fingerprint density at radius 3 is 1.85 bits per heavy atom. The second-order valence-corrected chi connectivity index (χ2v) is 20.4. The zero-order valence-corrected chi connectivity index (χ0v) is 34.6. The maximum atomic E-state index is 13.0. The van der Waals surface area contributed by atoms with Crippen molar-refractivity contribution in [2.75, 3.05) is 18.9 Å². The van der Waals surface area contributed by atoms with Crippen molar-refractivity contribution in [3.8, 4) is 0 Å². The molecule has 0 aliphatic carbocycles. The molecule has 0 saturated heterocycles. The highest BCUT2D eigenvalue weighted by atomic mass is 28.4. The molecule has 0 bridgehead atoms. The van der Waals surface area contributed by atoms with Gasteiger partial charge in [0.15, 0.2) is 11.2 Å². The summed E-state index contributed by atoms with van der Waals surface area (Å²) < 4.78 is 14.9. The van der Waals surface area contributed by atoms with Crippen LogP contribution in [0.4, 0.5) is 5.95 Å². The number of anilines is 1. The summed E-state index contributed by atoms with van der Waals surface area (Å²) in [6, 6.07) is 21.2. The first-order valence-corrected chi connectivity index (χ1v) is 22.7. The van der Waals surface area contributed by atoms with E-state index in [2.05, 4.69) is 91.2 Å². The normalized spacial score (nSPS) is 12.7. The number of aromatic nitrogens is 4. The highest BCUT2D eigenvalue weighted by molar-refractivity contribution is 6.99. The molecule has 296 valence electrons. The van der Waals surface area contributed by atoms with Crippen molar-refractivity contribution in [2.24, 2.45) is 5.92 Å². The minimum atomic E-state index is -2.75. The summed E-state index contributed by atoms with van der Waals surface area (Å²) >= 11 is 0. The molecule has 10 heteroatoms. The van der Waals surface area contributed by atoms with E-state index < -0.39 is 8.32 Å². The van der Waals surface area contributed by atoms with E-state index in [1.807, 2.05) is 16.7 Å².